The monoisotopic (exact) mass is 222 g/mol. The minimum absolute atomic E-state index is 0.000540. The Morgan fingerprint density at radius 2 is 1.75 bits per heavy atom. The van der Waals surface area contributed by atoms with Crippen LogP contribution in [0.2, 0.25) is 0 Å². The van der Waals surface area contributed by atoms with E-state index in [-0.39, 0.29) is 24.0 Å². The molecule has 16 heavy (non-hydrogen) atoms. The quantitative estimate of drug-likeness (QED) is 0.437. The zero-order chi connectivity index (χ0) is 11.5. The van der Waals surface area contributed by atoms with Gasteiger partial charge in [-0.15, -0.1) is 0 Å². The lowest BCUT2D eigenvalue weighted by atomic mass is 9.92. The number of hydrogen-bond donors (Lipinski definition) is 1. The Balaban J connectivity index is 1.92. The number of amides is 2. The fourth-order valence-corrected chi connectivity index (χ4v) is 2.31. The lowest BCUT2D eigenvalue weighted by molar-refractivity contribution is -0.140. The van der Waals surface area contributed by atoms with Crippen molar-refractivity contribution in [3.05, 3.63) is 12.2 Å². The zero-order valence-corrected chi connectivity index (χ0v) is 8.89. The summed E-state index contributed by atoms with van der Waals surface area (Å²) < 4.78 is 5.09. The molecular weight excluding hydrogens is 208 g/mol. The van der Waals surface area contributed by atoms with E-state index in [2.05, 4.69) is 0 Å². The van der Waals surface area contributed by atoms with Gasteiger partial charge in [0.1, 0.15) is 0 Å². The van der Waals surface area contributed by atoms with E-state index in [0.29, 0.717) is 0 Å². The molecule has 0 aromatic rings. The van der Waals surface area contributed by atoms with Crippen molar-refractivity contribution in [2.75, 3.05) is 0 Å². The Bertz CT molecular complexity index is 325. The SMILES string of the molecule is N=COC1CCC(N2C(=O)C=CC2=O)CC1. The second kappa shape index (κ2) is 4.47. The summed E-state index contributed by atoms with van der Waals surface area (Å²) >= 11 is 0. The standard InChI is InChI=1S/C11H14N2O3/c12-7-16-9-3-1-8(2-4-9)13-10(14)5-6-11(13)15/h5-9,12H,1-4H2. The first-order valence-electron chi connectivity index (χ1n) is 5.42. The maximum atomic E-state index is 11.4. The highest BCUT2D eigenvalue weighted by atomic mass is 16.5. The van der Waals surface area contributed by atoms with Gasteiger partial charge in [0, 0.05) is 18.2 Å². The molecule has 1 heterocycles. The van der Waals surface area contributed by atoms with Crippen molar-refractivity contribution in [3.8, 4) is 0 Å². The Morgan fingerprint density at radius 1 is 1.19 bits per heavy atom. The summed E-state index contributed by atoms with van der Waals surface area (Å²) in [6.45, 7) is 0. The summed E-state index contributed by atoms with van der Waals surface area (Å²) in [6, 6.07) is 0.000540. The Hall–Kier alpha value is -1.65. The van der Waals surface area contributed by atoms with E-state index in [1.165, 1.54) is 17.1 Å². The molecule has 0 spiro atoms. The summed E-state index contributed by atoms with van der Waals surface area (Å²) in [5.74, 6) is -0.414. The van der Waals surface area contributed by atoms with E-state index >= 15 is 0 Å². The Kier molecular flexibility index (Phi) is 3.03. The molecule has 0 aromatic heterocycles. The van der Waals surface area contributed by atoms with Crippen molar-refractivity contribution in [1.29, 1.82) is 5.41 Å². The Labute approximate surface area is 93.6 Å². The lowest BCUT2D eigenvalue weighted by Crippen LogP contribution is -2.43. The first kappa shape index (κ1) is 10.9. The van der Waals surface area contributed by atoms with E-state index < -0.39 is 0 Å². The van der Waals surface area contributed by atoms with Crippen LogP contribution in [0.4, 0.5) is 0 Å². The maximum Gasteiger partial charge on any atom is 0.253 e. The van der Waals surface area contributed by atoms with E-state index in [4.69, 9.17) is 10.1 Å². The van der Waals surface area contributed by atoms with Crippen LogP contribution in [0.25, 0.3) is 0 Å². The molecule has 1 aliphatic carbocycles. The molecule has 0 aromatic carbocycles. The zero-order valence-electron chi connectivity index (χ0n) is 8.89. The second-order valence-electron chi connectivity index (χ2n) is 4.06. The van der Waals surface area contributed by atoms with Gasteiger partial charge in [0.2, 0.25) is 0 Å². The van der Waals surface area contributed by atoms with Gasteiger partial charge in [-0.1, -0.05) is 0 Å². The smallest absolute Gasteiger partial charge is 0.253 e. The summed E-state index contributed by atoms with van der Waals surface area (Å²) in [5.41, 5.74) is 0. The molecule has 2 rings (SSSR count). The van der Waals surface area contributed by atoms with Crippen molar-refractivity contribution in [1.82, 2.24) is 4.90 Å². The molecule has 0 radical (unpaired) electrons. The molecule has 5 nitrogen and oxygen atoms in total. The molecule has 1 saturated carbocycles. The van der Waals surface area contributed by atoms with Crippen LogP contribution in [-0.4, -0.2) is 35.3 Å². The molecule has 1 aliphatic heterocycles. The average Bonchev–Trinajstić information content (AvgIpc) is 2.61. The van der Waals surface area contributed by atoms with Crippen molar-refractivity contribution in [3.63, 3.8) is 0 Å². The second-order valence-corrected chi connectivity index (χ2v) is 4.06. The lowest BCUT2D eigenvalue weighted by Gasteiger charge is -2.32. The van der Waals surface area contributed by atoms with E-state index in [0.717, 1.165) is 32.1 Å². The number of hydrogen-bond acceptors (Lipinski definition) is 4. The van der Waals surface area contributed by atoms with Crippen LogP contribution in [-0.2, 0) is 14.3 Å². The third kappa shape index (κ3) is 1.98. The van der Waals surface area contributed by atoms with Gasteiger partial charge < -0.3 is 4.74 Å². The Morgan fingerprint density at radius 3 is 2.25 bits per heavy atom. The molecule has 5 heteroatoms. The van der Waals surface area contributed by atoms with Crippen LogP contribution < -0.4 is 0 Å². The van der Waals surface area contributed by atoms with Crippen LogP contribution in [0.15, 0.2) is 12.2 Å². The van der Waals surface area contributed by atoms with Gasteiger partial charge in [0.15, 0.2) is 6.40 Å². The molecule has 0 bridgehead atoms. The minimum Gasteiger partial charge on any atom is -0.481 e. The average molecular weight is 222 g/mol. The molecule has 2 aliphatic rings. The largest absolute Gasteiger partial charge is 0.481 e. The van der Waals surface area contributed by atoms with E-state index in [9.17, 15) is 9.59 Å². The van der Waals surface area contributed by atoms with Crippen molar-refractivity contribution in [2.45, 2.75) is 37.8 Å². The van der Waals surface area contributed by atoms with Crippen molar-refractivity contribution in [2.24, 2.45) is 0 Å². The maximum absolute atomic E-state index is 11.4. The number of carbonyl (C=O) groups excluding carboxylic acids is 2. The summed E-state index contributed by atoms with van der Waals surface area (Å²) in [5, 5.41) is 6.84. The molecule has 0 atom stereocenters. The van der Waals surface area contributed by atoms with Crippen LogP contribution in [0, 0.1) is 5.41 Å². The van der Waals surface area contributed by atoms with E-state index in [1.54, 1.807) is 0 Å². The molecule has 2 amide bonds. The fraction of sp³-hybridized carbons (Fsp3) is 0.545. The summed E-state index contributed by atoms with van der Waals surface area (Å²) in [7, 11) is 0. The van der Waals surface area contributed by atoms with Crippen molar-refractivity contribution < 1.29 is 14.3 Å². The number of imide groups is 1. The number of nitrogens with zero attached hydrogens (tertiary/aromatic N) is 1. The fourth-order valence-electron chi connectivity index (χ4n) is 2.31. The van der Waals surface area contributed by atoms with Gasteiger partial charge in [-0.3, -0.25) is 19.9 Å². The number of carbonyl (C=O) groups is 2. The van der Waals surface area contributed by atoms with Gasteiger partial charge in [-0.25, -0.2) is 0 Å². The highest BCUT2D eigenvalue weighted by molar-refractivity contribution is 6.13. The first-order valence-corrected chi connectivity index (χ1v) is 5.42. The van der Waals surface area contributed by atoms with Crippen LogP contribution in [0.3, 0.4) is 0 Å². The molecule has 1 N–H and O–H groups in total. The van der Waals surface area contributed by atoms with Crippen LogP contribution in [0.5, 0.6) is 0 Å². The summed E-state index contributed by atoms with van der Waals surface area (Å²) in [6.07, 6.45) is 6.77. The van der Waals surface area contributed by atoms with Crippen molar-refractivity contribution >= 4 is 18.2 Å². The van der Waals surface area contributed by atoms with Gasteiger partial charge in [0.25, 0.3) is 11.8 Å². The van der Waals surface area contributed by atoms with Gasteiger partial charge in [-0.2, -0.15) is 0 Å². The highest BCUT2D eigenvalue weighted by Gasteiger charge is 2.34. The summed E-state index contributed by atoms with van der Waals surface area (Å²) in [4.78, 5) is 24.2. The topological polar surface area (TPSA) is 70.5 Å². The molecular formula is C11H14N2O3. The molecule has 1 fully saturated rings. The van der Waals surface area contributed by atoms with E-state index in [1.807, 2.05) is 0 Å². The van der Waals surface area contributed by atoms with Crippen LogP contribution >= 0.6 is 0 Å². The van der Waals surface area contributed by atoms with Gasteiger partial charge in [0.05, 0.1) is 6.10 Å². The van der Waals surface area contributed by atoms with Gasteiger partial charge >= 0.3 is 0 Å². The van der Waals surface area contributed by atoms with Crippen LogP contribution in [0.1, 0.15) is 25.7 Å². The third-order valence-corrected chi connectivity index (χ3v) is 3.11. The predicted octanol–water partition coefficient (Wildman–Crippen LogP) is 0.846. The molecule has 86 valence electrons. The highest BCUT2D eigenvalue weighted by Crippen LogP contribution is 2.26. The number of ether oxygens (including phenoxy) is 1. The number of rotatable bonds is 3. The normalized spacial score (nSPS) is 29.6. The number of nitrogens with one attached hydrogen (secondary N) is 1. The third-order valence-electron chi connectivity index (χ3n) is 3.11. The predicted molar refractivity (Wildman–Crippen MR) is 56.9 cm³/mol. The molecule has 0 unspecified atom stereocenters. The first-order chi connectivity index (χ1) is 7.72. The molecule has 0 saturated heterocycles. The van der Waals surface area contributed by atoms with Gasteiger partial charge in [-0.05, 0) is 25.7 Å². The minimum atomic E-state index is -0.207.